The molecule has 0 unspecified atom stereocenters. The van der Waals surface area contributed by atoms with E-state index in [4.69, 9.17) is 4.98 Å². The van der Waals surface area contributed by atoms with Crippen LogP contribution in [0.1, 0.15) is 48.9 Å². The number of hydrogen-bond acceptors (Lipinski definition) is 4. The van der Waals surface area contributed by atoms with Crippen molar-refractivity contribution in [3.05, 3.63) is 81.9 Å². The zero-order valence-corrected chi connectivity index (χ0v) is 17.5. The molecule has 1 aliphatic carbocycles. The van der Waals surface area contributed by atoms with Crippen molar-refractivity contribution >= 4 is 5.65 Å². The Labute approximate surface area is 177 Å². The lowest BCUT2D eigenvalue weighted by atomic mass is 9.66. The summed E-state index contributed by atoms with van der Waals surface area (Å²) >= 11 is 0. The number of aryl methyl sites for hydroxylation is 1. The smallest absolute Gasteiger partial charge is 0.258 e. The van der Waals surface area contributed by atoms with Crippen molar-refractivity contribution in [2.75, 3.05) is 6.54 Å². The summed E-state index contributed by atoms with van der Waals surface area (Å²) in [6, 6.07) is 16.1. The number of aromatic nitrogens is 2. The average Bonchev–Trinajstić information content (AvgIpc) is 2.77. The Balaban J connectivity index is 1.44. The van der Waals surface area contributed by atoms with Crippen LogP contribution in [0.3, 0.4) is 0 Å². The van der Waals surface area contributed by atoms with Crippen LogP contribution < -0.4 is 5.56 Å². The van der Waals surface area contributed by atoms with E-state index in [9.17, 15) is 9.90 Å². The van der Waals surface area contributed by atoms with Crippen LogP contribution in [-0.2, 0) is 12.1 Å². The second-order valence-corrected chi connectivity index (χ2v) is 8.99. The van der Waals surface area contributed by atoms with Crippen LogP contribution in [0.4, 0.5) is 0 Å². The van der Waals surface area contributed by atoms with Gasteiger partial charge >= 0.3 is 0 Å². The molecule has 156 valence electrons. The van der Waals surface area contributed by atoms with E-state index < -0.39 is 5.60 Å². The normalized spacial score (nSPS) is 27.1. The molecule has 2 aliphatic rings. The Morgan fingerprint density at radius 3 is 2.77 bits per heavy atom. The first-order chi connectivity index (χ1) is 14.5. The maximum atomic E-state index is 12.6. The molecule has 3 heterocycles. The Kier molecular flexibility index (Phi) is 4.95. The third-order valence-electron chi connectivity index (χ3n) is 7.09. The topological polar surface area (TPSA) is 57.8 Å². The van der Waals surface area contributed by atoms with Gasteiger partial charge in [-0.3, -0.25) is 14.1 Å². The quantitative estimate of drug-likeness (QED) is 0.725. The Bertz CT molecular complexity index is 1110. The summed E-state index contributed by atoms with van der Waals surface area (Å²) in [5.41, 5.74) is 2.80. The van der Waals surface area contributed by atoms with Crippen molar-refractivity contribution in [2.45, 2.75) is 57.2 Å². The zero-order chi connectivity index (χ0) is 20.7. The number of likely N-dealkylation sites (tertiary alicyclic amines) is 1. The monoisotopic (exact) mass is 403 g/mol. The highest BCUT2D eigenvalue weighted by molar-refractivity contribution is 5.40. The number of hydrogen-bond donors (Lipinski definition) is 1. The highest BCUT2D eigenvalue weighted by Gasteiger charge is 2.48. The maximum Gasteiger partial charge on any atom is 0.258 e. The summed E-state index contributed by atoms with van der Waals surface area (Å²) in [5.74, 6) is 0.214. The standard InChI is InChI=1S/C25H29N3O2/c1-18-11-12-23-26-20(15-24(29)28(23)16-18)17-27-14-13-25(30,19-7-3-2-4-8-19)21-9-5-6-10-22(21)27/h2-4,7-8,11-12,15-16,21-22,30H,5-6,9-10,13-14,17H2,1H3/t21-,22+,25+/m0/s1. The van der Waals surface area contributed by atoms with Gasteiger partial charge in [0.05, 0.1) is 11.3 Å². The van der Waals surface area contributed by atoms with Gasteiger partial charge in [-0.05, 0) is 43.4 Å². The van der Waals surface area contributed by atoms with E-state index in [-0.39, 0.29) is 11.5 Å². The summed E-state index contributed by atoms with van der Waals surface area (Å²) in [6.07, 6.45) is 7.04. The second kappa shape index (κ2) is 7.64. The van der Waals surface area contributed by atoms with E-state index in [1.54, 1.807) is 10.5 Å². The second-order valence-electron chi connectivity index (χ2n) is 8.99. The van der Waals surface area contributed by atoms with Crippen molar-refractivity contribution < 1.29 is 5.11 Å². The summed E-state index contributed by atoms with van der Waals surface area (Å²) < 4.78 is 1.62. The first-order valence-electron chi connectivity index (χ1n) is 11.1. The molecule has 2 aromatic heterocycles. The number of piperidine rings is 1. The third-order valence-corrected chi connectivity index (χ3v) is 7.09. The Morgan fingerprint density at radius 1 is 1.13 bits per heavy atom. The minimum Gasteiger partial charge on any atom is -0.385 e. The summed E-state index contributed by atoms with van der Waals surface area (Å²) in [6.45, 7) is 3.44. The lowest BCUT2D eigenvalue weighted by Crippen LogP contribution is -2.57. The average molecular weight is 404 g/mol. The van der Waals surface area contributed by atoms with Gasteiger partial charge in [0.25, 0.3) is 5.56 Å². The fourth-order valence-electron chi connectivity index (χ4n) is 5.60. The van der Waals surface area contributed by atoms with E-state index in [2.05, 4.69) is 17.0 Å². The molecule has 1 saturated heterocycles. The van der Waals surface area contributed by atoms with Crippen LogP contribution in [0.5, 0.6) is 0 Å². The van der Waals surface area contributed by atoms with Gasteiger partial charge in [0, 0.05) is 37.3 Å². The van der Waals surface area contributed by atoms with Crippen molar-refractivity contribution in [2.24, 2.45) is 5.92 Å². The molecule has 0 spiro atoms. The van der Waals surface area contributed by atoms with E-state index in [1.165, 1.54) is 12.8 Å². The Hall–Kier alpha value is -2.50. The summed E-state index contributed by atoms with van der Waals surface area (Å²) in [7, 11) is 0. The van der Waals surface area contributed by atoms with Gasteiger partial charge in [-0.1, -0.05) is 49.2 Å². The van der Waals surface area contributed by atoms with Gasteiger partial charge in [0.15, 0.2) is 0 Å². The van der Waals surface area contributed by atoms with Gasteiger partial charge in [-0.25, -0.2) is 4.98 Å². The molecular formula is C25H29N3O2. The van der Waals surface area contributed by atoms with Crippen LogP contribution in [0.25, 0.3) is 5.65 Å². The summed E-state index contributed by atoms with van der Waals surface area (Å²) in [4.78, 5) is 19.8. The number of benzene rings is 1. The van der Waals surface area contributed by atoms with E-state index >= 15 is 0 Å². The van der Waals surface area contributed by atoms with Crippen LogP contribution >= 0.6 is 0 Å². The number of fused-ring (bicyclic) bond motifs is 2. The van der Waals surface area contributed by atoms with Gasteiger partial charge in [0.2, 0.25) is 0 Å². The fourth-order valence-corrected chi connectivity index (χ4v) is 5.60. The highest BCUT2D eigenvalue weighted by atomic mass is 16.3. The van der Waals surface area contributed by atoms with Gasteiger partial charge in [-0.2, -0.15) is 0 Å². The molecule has 0 amide bonds. The third kappa shape index (κ3) is 3.36. The molecule has 0 radical (unpaired) electrons. The first-order valence-corrected chi connectivity index (χ1v) is 11.1. The lowest BCUT2D eigenvalue weighted by Gasteiger charge is -2.52. The molecule has 1 saturated carbocycles. The van der Waals surface area contributed by atoms with Crippen LogP contribution in [0.2, 0.25) is 0 Å². The molecule has 1 aliphatic heterocycles. The molecular weight excluding hydrogens is 374 g/mol. The molecule has 3 aromatic rings. The fraction of sp³-hybridized carbons (Fsp3) is 0.440. The Morgan fingerprint density at radius 2 is 1.93 bits per heavy atom. The maximum absolute atomic E-state index is 12.6. The molecule has 1 aromatic carbocycles. The van der Waals surface area contributed by atoms with E-state index in [1.807, 2.05) is 43.5 Å². The SMILES string of the molecule is Cc1ccc2nc(CN3CC[C@@](O)(c4ccccc4)[C@H]4CCCC[C@H]43)cc(=O)n2c1. The first kappa shape index (κ1) is 19.5. The van der Waals surface area contributed by atoms with Crippen molar-refractivity contribution in [1.82, 2.24) is 14.3 Å². The number of nitrogens with zero attached hydrogens (tertiary/aromatic N) is 3. The van der Waals surface area contributed by atoms with Crippen LogP contribution in [0.15, 0.2) is 59.5 Å². The van der Waals surface area contributed by atoms with E-state index in [0.717, 1.165) is 36.2 Å². The zero-order valence-electron chi connectivity index (χ0n) is 17.5. The molecule has 5 rings (SSSR count). The largest absolute Gasteiger partial charge is 0.385 e. The van der Waals surface area contributed by atoms with Crippen LogP contribution in [-0.4, -0.2) is 32.0 Å². The predicted octanol–water partition coefficient (Wildman–Crippen LogP) is 3.66. The van der Waals surface area contributed by atoms with Gasteiger partial charge < -0.3 is 5.11 Å². The minimum atomic E-state index is -0.767. The molecule has 3 atom stereocenters. The van der Waals surface area contributed by atoms with Crippen molar-refractivity contribution in [3.8, 4) is 0 Å². The number of pyridine rings is 1. The molecule has 30 heavy (non-hydrogen) atoms. The highest BCUT2D eigenvalue weighted by Crippen LogP contribution is 2.47. The molecule has 1 N–H and O–H groups in total. The number of rotatable bonds is 3. The van der Waals surface area contributed by atoms with Gasteiger partial charge in [0.1, 0.15) is 5.65 Å². The lowest BCUT2D eigenvalue weighted by molar-refractivity contribution is -0.123. The van der Waals surface area contributed by atoms with Crippen molar-refractivity contribution in [1.29, 1.82) is 0 Å². The van der Waals surface area contributed by atoms with E-state index in [0.29, 0.717) is 24.7 Å². The molecule has 5 heteroatoms. The molecule has 0 bridgehead atoms. The summed E-state index contributed by atoms with van der Waals surface area (Å²) in [5, 5.41) is 11.7. The van der Waals surface area contributed by atoms with Crippen LogP contribution in [0, 0.1) is 12.8 Å². The van der Waals surface area contributed by atoms with Gasteiger partial charge in [-0.15, -0.1) is 0 Å². The minimum absolute atomic E-state index is 0.0308. The predicted molar refractivity (Wildman–Crippen MR) is 117 cm³/mol. The number of aliphatic hydroxyl groups is 1. The molecule has 2 fully saturated rings. The van der Waals surface area contributed by atoms with Crippen molar-refractivity contribution in [3.63, 3.8) is 0 Å². The molecule has 5 nitrogen and oxygen atoms in total.